The summed E-state index contributed by atoms with van der Waals surface area (Å²) in [5.41, 5.74) is 7.95. The highest BCUT2D eigenvalue weighted by atomic mass is 32.2. The largest absolute Gasteiger partial charge is 0.367 e. The molecular weight excluding hydrogens is 571 g/mol. The van der Waals surface area contributed by atoms with Crippen LogP contribution >= 0.6 is 11.3 Å². The Kier molecular flexibility index (Phi) is 7.88. The molecule has 0 saturated carbocycles. The Labute approximate surface area is 231 Å². The molecule has 5 N–H and O–H groups in total. The Hall–Kier alpha value is -3.63. The maximum atomic E-state index is 13.7. The summed E-state index contributed by atoms with van der Waals surface area (Å²) in [4.78, 5) is 39.0. The van der Waals surface area contributed by atoms with Crippen LogP contribution < -0.4 is 16.2 Å². The zero-order valence-corrected chi connectivity index (χ0v) is 23.0. The average Bonchev–Trinajstić information content (AvgIpc) is 3.50. The number of carbonyl (C=O) groups excluding carboxylic acids is 2. The van der Waals surface area contributed by atoms with E-state index in [0.717, 1.165) is 23.2 Å². The van der Waals surface area contributed by atoms with E-state index in [1.807, 2.05) is 0 Å². The van der Waals surface area contributed by atoms with E-state index >= 15 is 0 Å². The van der Waals surface area contributed by atoms with Crippen molar-refractivity contribution in [3.63, 3.8) is 0 Å². The summed E-state index contributed by atoms with van der Waals surface area (Å²) < 4.78 is 69.3. The van der Waals surface area contributed by atoms with E-state index < -0.39 is 52.1 Å². The number of aromatic nitrogens is 3. The molecule has 4 rings (SSSR count). The molecule has 0 bridgehead atoms. The SMILES string of the molecule is Cc1nc(C2(C(N)=O)CC(NS(=O)(=O)c3ccncc3)CN2C(N)=O)sc1-c1ccnc(C(C)(CF)C(F)F)c1. The molecular formula is C24H26F3N7O4S2. The number of pyridine rings is 2. The Morgan fingerprint density at radius 1 is 1.25 bits per heavy atom. The fraction of sp³-hybridized carbons (Fsp3) is 0.375. The molecule has 0 spiro atoms. The van der Waals surface area contributed by atoms with Crippen molar-refractivity contribution in [3.05, 3.63) is 59.3 Å². The van der Waals surface area contributed by atoms with Gasteiger partial charge in [-0.3, -0.25) is 14.8 Å². The fourth-order valence-electron chi connectivity index (χ4n) is 4.58. The predicted octanol–water partition coefficient (Wildman–Crippen LogP) is 2.21. The Morgan fingerprint density at radius 2 is 1.93 bits per heavy atom. The summed E-state index contributed by atoms with van der Waals surface area (Å²) >= 11 is 0.954. The van der Waals surface area contributed by atoms with Crippen LogP contribution in [0.25, 0.3) is 10.4 Å². The summed E-state index contributed by atoms with van der Waals surface area (Å²) in [5.74, 6) is -0.990. The number of nitrogens with two attached hydrogens (primary N) is 2. The Balaban J connectivity index is 1.76. The van der Waals surface area contributed by atoms with Crippen LogP contribution in [-0.4, -0.2) is 65.9 Å². The van der Waals surface area contributed by atoms with Gasteiger partial charge in [0.15, 0.2) is 5.54 Å². The number of carbonyl (C=O) groups is 2. The highest BCUT2D eigenvalue weighted by Crippen LogP contribution is 2.44. The molecule has 214 valence electrons. The van der Waals surface area contributed by atoms with Crippen molar-refractivity contribution in [1.29, 1.82) is 0 Å². The number of nitrogens with zero attached hydrogens (tertiary/aromatic N) is 4. The van der Waals surface area contributed by atoms with Gasteiger partial charge in [0, 0.05) is 37.6 Å². The topological polar surface area (TPSA) is 174 Å². The lowest BCUT2D eigenvalue weighted by Crippen LogP contribution is -2.55. The second kappa shape index (κ2) is 10.7. The molecule has 3 unspecified atom stereocenters. The van der Waals surface area contributed by atoms with Crippen LogP contribution in [0.15, 0.2) is 47.8 Å². The van der Waals surface area contributed by atoms with Crippen molar-refractivity contribution in [2.75, 3.05) is 13.2 Å². The van der Waals surface area contributed by atoms with E-state index in [1.54, 1.807) is 6.92 Å². The van der Waals surface area contributed by atoms with Gasteiger partial charge in [0.1, 0.15) is 11.7 Å². The van der Waals surface area contributed by atoms with Gasteiger partial charge in [-0.05, 0) is 43.7 Å². The molecule has 1 aliphatic rings. The first-order valence-electron chi connectivity index (χ1n) is 11.8. The molecule has 1 fully saturated rings. The molecule has 1 aliphatic heterocycles. The third-order valence-electron chi connectivity index (χ3n) is 6.88. The van der Waals surface area contributed by atoms with E-state index in [4.69, 9.17) is 11.5 Å². The molecule has 3 aromatic heterocycles. The number of halogens is 3. The quantitative estimate of drug-likeness (QED) is 0.339. The molecule has 0 aromatic carbocycles. The van der Waals surface area contributed by atoms with Gasteiger partial charge >= 0.3 is 6.03 Å². The molecule has 3 atom stereocenters. The van der Waals surface area contributed by atoms with Crippen LogP contribution in [0.5, 0.6) is 0 Å². The second-order valence-corrected chi connectivity index (χ2v) is 12.3. The number of hydrogen-bond acceptors (Lipinski definition) is 8. The molecule has 11 nitrogen and oxygen atoms in total. The van der Waals surface area contributed by atoms with Crippen molar-refractivity contribution in [3.8, 4) is 10.4 Å². The minimum atomic E-state index is -4.06. The number of likely N-dealkylation sites (tertiary alicyclic amines) is 1. The molecule has 0 aliphatic carbocycles. The third kappa shape index (κ3) is 5.01. The van der Waals surface area contributed by atoms with Gasteiger partial charge in [0.2, 0.25) is 10.0 Å². The summed E-state index contributed by atoms with van der Waals surface area (Å²) in [5, 5.41) is 0.0531. The summed E-state index contributed by atoms with van der Waals surface area (Å²) in [7, 11) is -4.06. The lowest BCUT2D eigenvalue weighted by Gasteiger charge is -2.32. The molecule has 4 heterocycles. The number of hydrogen-bond donors (Lipinski definition) is 3. The van der Waals surface area contributed by atoms with Crippen LogP contribution in [-0.2, 0) is 25.8 Å². The van der Waals surface area contributed by atoms with E-state index in [-0.39, 0.29) is 28.6 Å². The van der Waals surface area contributed by atoms with Gasteiger partial charge in [-0.1, -0.05) is 0 Å². The number of aryl methyl sites for hydroxylation is 1. The maximum absolute atomic E-state index is 13.7. The minimum absolute atomic E-state index is 0.0531. The van der Waals surface area contributed by atoms with Crippen LogP contribution in [0.3, 0.4) is 0 Å². The van der Waals surface area contributed by atoms with Crippen LogP contribution in [0, 0.1) is 6.92 Å². The molecule has 16 heteroatoms. The van der Waals surface area contributed by atoms with E-state index in [0.29, 0.717) is 16.1 Å². The standard InChI is InChI=1S/C24H26F3N7O4S2/c1-13-18(14-3-8-31-17(9-14)23(2,12-25)19(26)27)39-21(32-13)24(20(28)35)10-15(11-34(24)22(29)36)33-40(37,38)16-4-6-30-7-5-16/h3-9,15,19,33H,10-12H2,1-2H3,(H2,28,35)(H2,29,36). The molecule has 1 saturated heterocycles. The van der Waals surface area contributed by atoms with Gasteiger partial charge in [-0.25, -0.2) is 36.1 Å². The first-order chi connectivity index (χ1) is 18.8. The van der Waals surface area contributed by atoms with Gasteiger partial charge in [-0.15, -0.1) is 11.3 Å². The van der Waals surface area contributed by atoms with Crippen molar-refractivity contribution in [2.24, 2.45) is 11.5 Å². The Bertz CT molecular complexity index is 1540. The van der Waals surface area contributed by atoms with E-state index in [9.17, 15) is 31.2 Å². The number of urea groups is 1. The molecule has 40 heavy (non-hydrogen) atoms. The normalized spacial score (nSPS) is 20.9. The monoisotopic (exact) mass is 597 g/mol. The lowest BCUT2D eigenvalue weighted by molar-refractivity contribution is -0.127. The molecule has 0 radical (unpaired) electrons. The zero-order valence-electron chi connectivity index (χ0n) is 21.3. The zero-order chi connectivity index (χ0) is 29.5. The number of rotatable bonds is 9. The Morgan fingerprint density at radius 3 is 2.50 bits per heavy atom. The van der Waals surface area contributed by atoms with Crippen molar-refractivity contribution in [2.45, 2.75) is 48.6 Å². The summed E-state index contributed by atoms with van der Waals surface area (Å²) in [6.07, 6.45) is 0.573. The summed E-state index contributed by atoms with van der Waals surface area (Å²) in [6.45, 7) is 1.04. The number of thiazole rings is 1. The van der Waals surface area contributed by atoms with Crippen LogP contribution in [0.2, 0.25) is 0 Å². The first kappa shape index (κ1) is 29.4. The predicted molar refractivity (Wildman–Crippen MR) is 140 cm³/mol. The van der Waals surface area contributed by atoms with Gasteiger partial charge in [0.05, 0.1) is 26.6 Å². The highest BCUT2D eigenvalue weighted by molar-refractivity contribution is 7.89. The van der Waals surface area contributed by atoms with Gasteiger partial charge in [-0.2, -0.15) is 0 Å². The van der Waals surface area contributed by atoms with Crippen LogP contribution in [0.4, 0.5) is 18.0 Å². The first-order valence-corrected chi connectivity index (χ1v) is 14.1. The number of primary amides is 2. The third-order valence-corrected chi connectivity index (χ3v) is 9.77. The number of nitrogens with one attached hydrogen (secondary N) is 1. The minimum Gasteiger partial charge on any atom is -0.367 e. The summed E-state index contributed by atoms with van der Waals surface area (Å²) in [6, 6.07) is 3.41. The van der Waals surface area contributed by atoms with Gasteiger partial charge < -0.3 is 16.4 Å². The van der Waals surface area contributed by atoms with E-state index in [1.165, 1.54) is 42.9 Å². The second-order valence-electron chi connectivity index (χ2n) is 9.59. The van der Waals surface area contributed by atoms with Crippen molar-refractivity contribution in [1.82, 2.24) is 24.6 Å². The van der Waals surface area contributed by atoms with Gasteiger partial charge in [0.25, 0.3) is 12.3 Å². The van der Waals surface area contributed by atoms with Crippen LogP contribution in [0.1, 0.15) is 29.7 Å². The highest BCUT2D eigenvalue weighted by Gasteiger charge is 2.56. The maximum Gasteiger partial charge on any atom is 0.316 e. The van der Waals surface area contributed by atoms with Crippen molar-refractivity contribution < 1.29 is 31.2 Å². The number of alkyl halides is 3. The molecule has 3 aromatic rings. The smallest absolute Gasteiger partial charge is 0.316 e. The van der Waals surface area contributed by atoms with Crippen molar-refractivity contribution >= 4 is 33.3 Å². The lowest BCUT2D eigenvalue weighted by atomic mass is 9.87. The average molecular weight is 598 g/mol. The van der Waals surface area contributed by atoms with E-state index in [2.05, 4.69) is 19.7 Å². The number of amides is 3. The fourth-order valence-corrected chi connectivity index (χ4v) is 7.06. The number of sulfonamides is 1. The molecule has 3 amide bonds.